The number of rotatable bonds is 6. The molecule has 0 unspecified atom stereocenters. The molecule has 30 heavy (non-hydrogen) atoms. The highest BCUT2D eigenvalue weighted by Crippen LogP contribution is 2.30. The van der Waals surface area contributed by atoms with Crippen molar-refractivity contribution in [1.29, 1.82) is 0 Å². The molecule has 3 aromatic rings. The van der Waals surface area contributed by atoms with Crippen LogP contribution in [0.25, 0.3) is 11.1 Å². The van der Waals surface area contributed by atoms with Gasteiger partial charge in [0, 0.05) is 22.9 Å². The summed E-state index contributed by atoms with van der Waals surface area (Å²) in [5.41, 5.74) is 4.34. The van der Waals surface area contributed by atoms with Crippen LogP contribution in [0.1, 0.15) is 38.3 Å². The average Bonchev–Trinajstić information content (AvgIpc) is 2.71. The number of carbonyl (C=O) groups is 1. The maximum absolute atomic E-state index is 12.1. The summed E-state index contributed by atoms with van der Waals surface area (Å²) >= 11 is 3.56. The Bertz CT molecular complexity index is 1040. The van der Waals surface area contributed by atoms with E-state index in [2.05, 4.69) is 27.0 Å². The van der Waals surface area contributed by atoms with Gasteiger partial charge in [-0.15, -0.1) is 0 Å². The van der Waals surface area contributed by atoms with E-state index in [0.29, 0.717) is 6.54 Å². The lowest BCUT2D eigenvalue weighted by molar-refractivity contribution is -0.154. The molecule has 154 valence electrons. The highest BCUT2D eigenvalue weighted by molar-refractivity contribution is 9.10. The third-order valence-corrected chi connectivity index (χ3v) is 4.92. The second-order valence-electron chi connectivity index (χ2n) is 7.82. The largest absolute Gasteiger partial charge is 0.460 e. The van der Waals surface area contributed by atoms with E-state index in [4.69, 9.17) is 9.73 Å². The van der Waals surface area contributed by atoms with Crippen molar-refractivity contribution in [2.75, 3.05) is 6.54 Å². The fraction of sp³-hybridized carbons (Fsp3) is 0.240. The van der Waals surface area contributed by atoms with Crippen molar-refractivity contribution in [2.45, 2.75) is 32.8 Å². The van der Waals surface area contributed by atoms with Gasteiger partial charge >= 0.3 is 5.97 Å². The molecule has 2 aromatic carbocycles. The number of benzene rings is 2. The normalized spacial score (nSPS) is 11.9. The minimum Gasteiger partial charge on any atom is -0.460 e. The van der Waals surface area contributed by atoms with Crippen LogP contribution in [0.4, 0.5) is 0 Å². The summed E-state index contributed by atoms with van der Waals surface area (Å²) in [5, 5.41) is 0. The van der Waals surface area contributed by atoms with Gasteiger partial charge in [0.05, 0.1) is 18.7 Å². The molecule has 3 rings (SSSR count). The van der Waals surface area contributed by atoms with Crippen LogP contribution in [0.5, 0.6) is 0 Å². The van der Waals surface area contributed by atoms with Crippen molar-refractivity contribution in [3.63, 3.8) is 0 Å². The van der Waals surface area contributed by atoms with E-state index in [-0.39, 0.29) is 12.4 Å². The number of hydrogen-bond donors (Lipinski definition) is 0. The predicted molar refractivity (Wildman–Crippen MR) is 125 cm³/mol. The lowest BCUT2D eigenvalue weighted by atomic mass is 9.94. The molecule has 0 bridgehead atoms. The van der Waals surface area contributed by atoms with Gasteiger partial charge in [-0.05, 0) is 48.3 Å². The van der Waals surface area contributed by atoms with Gasteiger partial charge in [-0.3, -0.25) is 9.79 Å². The van der Waals surface area contributed by atoms with E-state index in [0.717, 1.165) is 32.6 Å². The number of carbonyl (C=O) groups excluding carboxylic acids is 1. The van der Waals surface area contributed by atoms with E-state index in [1.54, 1.807) is 6.20 Å². The van der Waals surface area contributed by atoms with Gasteiger partial charge in [0.2, 0.25) is 0 Å². The molecule has 0 aliphatic heterocycles. The lowest BCUT2D eigenvalue weighted by Crippen LogP contribution is -2.24. The zero-order valence-corrected chi connectivity index (χ0v) is 19.0. The van der Waals surface area contributed by atoms with Crippen LogP contribution >= 0.6 is 15.9 Å². The molecule has 0 amide bonds. The third-order valence-electron chi connectivity index (χ3n) is 4.28. The first kappa shape index (κ1) is 21.9. The molecule has 1 aromatic heterocycles. The van der Waals surface area contributed by atoms with E-state index in [1.165, 1.54) is 0 Å². The summed E-state index contributed by atoms with van der Waals surface area (Å²) in [5.74, 6) is -0.248. The van der Waals surface area contributed by atoms with Crippen LogP contribution in [0, 0.1) is 0 Å². The second-order valence-corrected chi connectivity index (χ2v) is 8.57. The van der Waals surface area contributed by atoms with Gasteiger partial charge in [0.1, 0.15) is 10.2 Å². The van der Waals surface area contributed by atoms with Gasteiger partial charge < -0.3 is 4.74 Å². The quantitative estimate of drug-likeness (QED) is 0.252. The first-order valence-electron chi connectivity index (χ1n) is 9.87. The highest BCUT2D eigenvalue weighted by Gasteiger charge is 2.17. The molecule has 0 fully saturated rings. The SMILES string of the molecule is CC(C)(C)OC(=O)CCN=C(c1ccccc1)c1ccccc1-c1cccnc1Br. The molecule has 4 nitrogen and oxygen atoms in total. The molecule has 0 aliphatic rings. The third kappa shape index (κ3) is 5.86. The number of ether oxygens (including phenoxy) is 1. The Labute approximate surface area is 186 Å². The standard InChI is InChI=1S/C25H25BrN2O2/c1-25(2,3)30-22(29)15-17-27-23(18-10-5-4-6-11-18)20-13-8-7-12-19(20)21-14-9-16-28-24(21)26/h4-14,16H,15,17H2,1-3H3. The van der Waals surface area contributed by atoms with Crippen molar-refractivity contribution >= 4 is 27.6 Å². The van der Waals surface area contributed by atoms with Crippen LogP contribution in [-0.4, -0.2) is 28.8 Å². The maximum Gasteiger partial charge on any atom is 0.308 e. The molecular weight excluding hydrogens is 440 g/mol. The topological polar surface area (TPSA) is 51.5 Å². The highest BCUT2D eigenvalue weighted by atomic mass is 79.9. The smallest absolute Gasteiger partial charge is 0.308 e. The summed E-state index contributed by atoms with van der Waals surface area (Å²) in [6.07, 6.45) is 1.98. The minimum atomic E-state index is -0.498. The molecule has 0 saturated carbocycles. The van der Waals surface area contributed by atoms with Crippen LogP contribution in [-0.2, 0) is 9.53 Å². The number of pyridine rings is 1. The first-order chi connectivity index (χ1) is 14.3. The van der Waals surface area contributed by atoms with Crippen molar-refractivity contribution < 1.29 is 9.53 Å². The molecule has 1 heterocycles. The van der Waals surface area contributed by atoms with E-state index >= 15 is 0 Å². The Morgan fingerprint density at radius 3 is 2.33 bits per heavy atom. The number of aromatic nitrogens is 1. The Morgan fingerprint density at radius 1 is 0.967 bits per heavy atom. The molecule has 0 saturated heterocycles. The molecule has 0 atom stereocenters. The maximum atomic E-state index is 12.1. The molecule has 5 heteroatoms. The average molecular weight is 465 g/mol. The summed E-state index contributed by atoms with van der Waals surface area (Å²) < 4.78 is 6.19. The fourth-order valence-electron chi connectivity index (χ4n) is 3.09. The monoisotopic (exact) mass is 464 g/mol. The van der Waals surface area contributed by atoms with E-state index < -0.39 is 5.60 Å². The zero-order valence-electron chi connectivity index (χ0n) is 17.4. The van der Waals surface area contributed by atoms with Crippen molar-refractivity contribution in [1.82, 2.24) is 4.98 Å². The first-order valence-corrected chi connectivity index (χ1v) is 10.7. The summed E-state index contributed by atoms with van der Waals surface area (Å²) in [7, 11) is 0. The fourth-order valence-corrected chi connectivity index (χ4v) is 3.55. The van der Waals surface area contributed by atoms with Crippen molar-refractivity contribution in [3.8, 4) is 11.1 Å². The van der Waals surface area contributed by atoms with Crippen molar-refractivity contribution in [3.05, 3.63) is 88.7 Å². The Balaban J connectivity index is 1.99. The predicted octanol–water partition coefficient (Wildman–Crippen LogP) is 6.08. The van der Waals surface area contributed by atoms with Gasteiger partial charge in [0.15, 0.2) is 0 Å². The van der Waals surface area contributed by atoms with Crippen LogP contribution in [0.15, 0.2) is 82.5 Å². The summed E-state index contributed by atoms with van der Waals surface area (Å²) in [6, 6.07) is 22.1. The van der Waals surface area contributed by atoms with Crippen LogP contribution in [0.2, 0.25) is 0 Å². The Hall–Kier alpha value is -2.79. The number of nitrogens with zero attached hydrogens (tertiary/aromatic N) is 2. The van der Waals surface area contributed by atoms with E-state index in [1.807, 2.05) is 81.4 Å². The molecule has 0 aliphatic carbocycles. The summed E-state index contributed by atoms with van der Waals surface area (Å²) in [4.78, 5) is 21.3. The molecule has 0 N–H and O–H groups in total. The van der Waals surface area contributed by atoms with Crippen LogP contribution in [0.3, 0.4) is 0 Å². The molecule has 0 spiro atoms. The minimum absolute atomic E-state index is 0.229. The van der Waals surface area contributed by atoms with Gasteiger partial charge in [-0.1, -0.05) is 60.7 Å². The number of esters is 1. The Kier molecular flexibility index (Phi) is 7.16. The van der Waals surface area contributed by atoms with Crippen LogP contribution < -0.4 is 0 Å². The van der Waals surface area contributed by atoms with Gasteiger partial charge in [-0.2, -0.15) is 0 Å². The number of aliphatic imine (C=N–C) groups is 1. The Morgan fingerprint density at radius 2 is 1.63 bits per heavy atom. The second kappa shape index (κ2) is 9.81. The number of hydrogen-bond acceptors (Lipinski definition) is 4. The lowest BCUT2D eigenvalue weighted by Gasteiger charge is -2.19. The van der Waals surface area contributed by atoms with Gasteiger partial charge in [0.25, 0.3) is 0 Å². The van der Waals surface area contributed by atoms with Gasteiger partial charge in [-0.25, -0.2) is 4.98 Å². The summed E-state index contributed by atoms with van der Waals surface area (Å²) in [6.45, 7) is 5.95. The zero-order chi connectivity index (χ0) is 21.6. The van der Waals surface area contributed by atoms with E-state index in [9.17, 15) is 4.79 Å². The molecule has 0 radical (unpaired) electrons. The molecular formula is C25H25BrN2O2. The van der Waals surface area contributed by atoms with Crippen molar-refractivity contribution in [2.24, 2.45) is 4.99 Å². The number of halogens is 1.